The van der Waals surface area contributed by atoms with Gasteiger partial charge in [-0.1, -0.05) is 72.8 Å². The second-order valence-electron chi connectivity index (χ2n) is 5.73. The first-order valence-corrected chi connectivity index (χ1v) is 7.57. The summed E-state index contributed by atoms with van der Waals surface area (Å²) in [7, 11) is 0. The number of phenols is 1. The zero-order valence-electron chi connectivity index (χ0n) is 12.9. The Kier molecular flexibility index (Phi) is 3.98. The highest BCUT2D eigenvalue weighted by Gasteiger charge is 2.37. The molecule has 1 atom stereocenters. The molecule has 3 aromatic rings. The lowest BCUT2D eigenvalue weighted by atomic mass is 9.71. The van der Waals surface area contributed by atoms with Gasteiger partial charge in [0, 0.05) is 5.56 Å². The first-order chi connectivity index (χ1) is 11.1. The number of hydrogen-bond donors (Lipinski definition) is 1. The average Bonchev–Trinajstić information content (AvgIpc) is 2.62. The van der Waals surface area contributed by atoms with Gasteiger partial charge in [-0.3, -0.25) is 4.79 Å². The van der Waals surface area contributed by atoms with E-state index >= 15 is 0 Å². The summed E-state index contributed by atoms with van der Waals surface area (Å²) in [6, 6.07) is 25.9. The van der Waals surface area contributed by atoms with Gasteiger partial charge in [0.05, 0.1) is 5.41 Å². The molecule has 0 saturated heterocycles. The molecule has 0 fully saturated rings. The van der Waals surface area contributed by atoms with E-state index in [-0.39, 0.29) is 11.5 Å². The predicted octanol–water partition coefficient (Wildman–Crippen LogP) is 4.58. The van der Waals surface area contributed by atoms with Crippen LogP contribution in [-0.4, -0.2) is 10.9 Å². The van der Waals surface area contributed by atoms with Crippen LogP contribution >= 0.6 is 0 Å². The van der Waals surface area contributed by atoms with Gasteiger partial charge in [-0.05, 0) is 30.2 Å². The number of hydrogen-bond acceptors (Lipinski definition) is 2. The molecule has 2 nitrogen and oxygen atoms in total. The Bertz CT molecular complexity index is 792. The second kappa shape index (κ2) is 6.09. The van der Waals surface area contributed by atoms with Crippen molar-refractivity contribution in [2.24, 2.45) is 0 Å². The highest BCUT2D eigenvalue weighted by molar-refractivity contribution is 6.06. The van der Waals surface area contributed by atoms with E-state index in [2.05, 4.69) is 0 Å². The van der Waals surface area contributed by atoms with Gasteiger partial charge in [0.25, 0.3) is 0 Å². The zero-order valence-corrected chi connectivity index (χ0v) is 12.9. The van der Waals surface area contributed by atoms with Crippen LogP contribution < -0.4 is 0 Å². The Morgan fingerprint density at radius 3 is 1.78 bits per heavy atom. The molecule has 1 unspecified atom stereocenters. The van der Waals surface area contributed by atoms with Gasteiger partial charge >= 0.3 is 0 Å². The molecule has 0 aliphatic carbocycles. The number of Topliss-reactive ketones (excluding diaryl/α,β-unsaturated/α-hetero) is 1. The normalized spacial score (nSPS) is 13.3. The smallest absolute Gasteiger partial charge is 0.177 e. The van der Waals surface area contributed by atoms with Crippen molar-refractivity contribution in [3.05, 3.63) is 102 Å². The number of ketones is 1. The molecule has 0 amide bonds. The fourth-order valence-corrected chi connectivity index (χ4v) is 2.87. The van der Waals surface area contributed by atoms with Gasteiger partial charge in [-0.2, -0.15) is 0 Å². The number of carbonyl (C=O) groups excluding carboxylic acids is 1. The van der Waals surface area contributed by atoms with Gasteiger partial charge in [0.15, 0.2) is 5.78 Å². The molecule has 114 valence electrons. The van der Waals surface area contributed by atoms with Crippen molar-refractivity contribution in [1.29, 1.82) is 0 Å². The Hall–Kier alpha value is -2.87. The summed E-state index contributed by atoms with van der Waals surface area (Å²) in [6.07, 6.45) is 0. The standard InChI is InChI=1S/C21H18O2/c1-21(17-10-6-3-7-11-17,18-12-14-19(22)15-13-18)20(23)16-8-4-2-5-9-16/h2-15,22H,1H3. The number of rotatable bonds is 4. The second-order valence-corrected chi connectivity index (χ2v) is 5.73. The van der Waals surface area contributed by atoms with Crippen LogP contribution in [0.4, 0.5) is 0 Å². The highest BCUT2D eigenvalue weighted by Crippen LogP contribution is 2.36. The van der Waals surface area contributed by atoms with E-state index in [4.69, 9.17) is 0 Å². The van der Waals surface area contributed by atoms with Crippen molar-refractivity contribution in [2.75, 3.05) is 0 Å². The summed E-state index contributed by atoms with van der Waals surface area (Å²) in [4.78, 5) is 13.3. The minimum absolute atomic E-state index is 0.0370. The summed E-state index contributed by atoms with van der Waals surface area (Å²) in [6.45, 7) is 1.93. The van der Waals surface area contributed by atoms with E-state index in [1.165, 1.54) is 0 Å². The van der Waals surface area contributed by atoms with Gasteiger partial charge in [-0.15, -0.1) is 0 Å². The molecule has 0 aromatic heterocycles. The molecule has 0 aliphatic rings. The van der Waals surface area contributed by atoms with Gasteiger partial charge in [0.2, 0.25) is 0 Å². The molecular formula is C21H18O2. The van der Waals surface area contributed by atoms with E-state index in [0.29, 0.717) is 5.56 Å². The lowest BCUT2D eigenvalue weighted by molar-refractivity contribution is 0.0922. The molecule has 0 bridgehead atoms. The third-order valence-electron chi connectivity index (χ3n) is 4.29. The number of carbonyl (C=O) groups is 1. The number of aromatic hydroxyl groups is 1. The highest BCUT2D eigenvalue weighted by atomic mass is 16.3. The minimum atomic E-state index is -0.809. The van der Waals surface area contributed by atoms with E-state index in [1.54, 1.807) is 12.1 Å². The van der Waals surface area contributed by atoms with Gasteiger partial charge < -0.3 is 5.11 Å². The van der Waals surface area contributed by atoms with Gasteiger partial charge in [0.1, 0.15) is 5.75 Å². The third-order valence-corrected chi connectivity index (χ3v) is 4.29. The van der Waals surface area contributed by atoms with Crippen LogP contribution in [0.5, 0.6) is 5.75 Å². The van der Waals surface area contributed by atoms with Crippen molar-refractivity contribution < 1.29 is 9.90 Å². The van der Waals surface area contributed by atoms with E-state index in [0.717, 1.165) is 11.1 Å². The van der Waals surface area contributed by atoms with E-state index in [1.807, 2.05) is 79.7 Å². The van der Waals surface area contributed by atoms with Crippen molar-refractivity contribution in [3.63, 3.8) is 0 Å². The molecule has 0 spiro atoms. The lowest BCUT2D eigenvalue weighted by Gasteiger charge is -2.29. The fraction of sp³-hybridized carbons (Fsp3) is 0.0952. The van der Waals surface area contributed by atoms with Crippen molar-refractivity contribution in [3.8, 4) is 5.75 Å². The SMILES string of the molecule is CC(C(=O)c1ccccc1)(c1ccccc1)c1ccc(O)cc1. The minimum Gasteiger partial charge on any atom is -0.508 e. The molecule has 3 rings (SSSR count). The molecule has 0 saturated carbocycles. The summed E-state index contributed by atoms with van der Waals surface area (Å²) >= 11 is 0. The maximum Gasteiger partial charge on any atom is 0.177 e. The molecular weight excluding hydrogens is 284 g/mol. The Morgan fingerprint density at radius 2 is 1.22 bits per heavy atom. The summed E-state index contributed by atoms with van der Waals surface area (Å²) in [5.74, 6) is 0.228. The van der Waals surface area contributed by atoms with Crippen LogP contribution in [0.2, 0.25) is 0 Å². The molecule has 23 heavy (non-hydrogen) atoms. The van der Waals surface area contributed by atoms with Crippen LogP contribution in [0.25, 0.3) is 0 Å². The topological polar surface area (TPSA) is 37.3 Å². The predicted molar refractivity (Wildman–Crippen MR) is 91.8 cm³/mol. The molecule has 2 heteroatoms. The quantitative estimate of drug-likeness (QED) is 0.716. The zero-order chi connectivity index (χ0) is 16.3. The van der Waals surface area contributed by atoms with E-state index in [9.17, 15) is 9.90 Å². The summed E-state index contributed by atoms with van der Waals surface area (Å²) < 4.78 is 0. The molecule has 0 heterocycles. The lowest BCUT2D eigenvalue weighted by Crippen LogP contribution is -2.34. The van der Waals surface area contributed by atoms with Crippen LogP contribution in [0, 0.1) is 0 Å². The average molecular weight is 302 g/mol. The number of benzene rings is 3. The first-order valence-electron chi connectivity index (χ1n) is 7.57. The van der Waals surface area contributed by atoms with Crippen LogP contribution in [0.1, 0.15) is 28.4 Å². The largest absolute Gasteiger partial charge is 0.508 e. The number of phenolic OH excluding ortho intramolecular Hbond substituents is 1. The maximum absolute atomic E-state index is 13.3. The van der Waals surface area contributed by atoms with Crippen molar-refractivity contribution >= 4 is 5.78 Å². The monoisotopic (exact) mass is 302 g/mol. The maximum atomic E-state index is 13.3. The van der Waals surface area contributed by atoms with E-state index < -0.39 is 5.41 Å². The van der Waals surface area contributed by atoms with Crippen LogP contribution in [-0.2, 0) is 5.41 Å². The van der Waals surface area contributed by atoms with Crippen molar-refractivity contribution in [1.82, 2.24) is 0 Å². The van der Waals surface area contributed by atoms with Crippen LogP contribution in [0.15, 0.2) is 84.9 Å². The molecule has 1 N–H and O–H groups in total. The van der Waals surface area contributed by atoms with Crippen LogP contribution in [0.3, 0.4) is 0 Å². The summed E-state index contributed by atoms with van der Waals surface area (Å²) in [5.41, 5.74) is 1.65. The fourth-order valence-electron chi connectivity index (χ4n) is 2.87. The van der Waals surface area contributed by atoms with Gasteiger partial charge in [-0.25, -0.2) is 0 Å². The first kappa shape index (κ1) is 15.0. The molecule has 0 radical (unpaired) electrons. The molecule has 3 aromatic carbocycles. The van der Waals surface area contributed by atoms with Crippen molar-refractivity contribution in [2.45, 2.75) is 12.3 Å². The Morgan fingerprint density at radius 1 is 0.739 bits per heavy atom. The molecule has 0 aliphatic heterocycles. The Balaban J connectivity index is 2.18. The summed E-state index contributed by atoms with van der Waals surface area (Å²) in [5, 5.41) is 9.56. The third kappa shape index (κ3) is 2.76. The Labute approximate surface area is 136 Å².